The van der Waals surface area contributed by atoms with Crippen molar-refractivity contribution in [1.29, 1.82) is 5.26 Å². The number of nitrogens with zero attached hydrogens (tertiary/aromatic N) is 4. The summed E-state index contributed by atoms with van der Waals surface area (Å²) in [6.45, 7) is 0.118. The number of amidine groups is 1. The molecule has 0 spiro atoms. The van der Waals surface area contributed by atoms with Gasteiger partial charge in [-0.1, -0.05) is 23.7 Å². The number of fused-ring (bicyclic) bond motifs is 1. The first-order chi connectivity index (χ1) is 15.1. The van der Waals surface area contributed by atoms with E-state index in [0.717, 1.165) is 0 Å². The van der Waals surface area contributed by atoms with Gasteiger partial charge in [0.15, 0.2) is 5.84 Å². The molecular weight excluding hydrogens is 416 g/mol. The number of carbonyl (C=O) groups is 1. The van der Waals surface area contributed by atoms with Gasteiger partial charge in [0, 0.05) is 22.5 Å². The van der Waals surface area contributed by atoms with E-state index in [1.807, 2.05) is 18.2 Å². The summed E-state index contributed by atoms with van der Waals surface area (Å²) >= 11 is 5.91. The van der Waals surface area contributed by atoms with Gasteiger partial charge >= 0.3 is 6.09 Å². The number of carbonyl (C=O) groups excluding carboxylic acids is 1. The molecule has 1 amide bonds. The number of aromatic nitrogens is 1. The number of anilines is 1. The molecule has 0 bridgehead atoms. The van der Waals surface area contributed by atoms with Crippen LogP contribution in [0.5, 0.6) is 0 Å². The fourth-order valence-electron chi connectivity index (χ4n) is 2.90. The Bertz CT molecular complexity index is 1230. The summed E-state index contributed by atoms with van der Waals surface area (Å²) in [4.78, 5) is 30.6. The lowest BCUT2D eigenvalue weighted by atomic mass is 10.0. The molecule has 152 valence electrons. The third-order valence-corrected chi connectivity index (χ3v) is 4.50. The Morgan fingerprint density at radius 1 is 1.13 bits per heavy atom. The Morgan fingerprint density at radius 3 is 2.81 bits per heavy atom. The molecule has 1 aromatic heterocycles. The zero-order chi connectivity index (χ0) is 21.6. The highest BCUT2D eigenvalue weighted by Crippen LogP contribution is 2.26. The number of hydroxylamine groups is 1. The molecule has 0 radical (unpaired) electrons. The molecule has 9 heteroatoms. The summed E-state index contributed by atoms with van der Waals surface area (Å²) in [6.07, 6.45) is 0.933. The van der Waals surface area contributed by atoms with E-state index in [1.165, 1.54) is 0 Å². The predicted molar refractivity (Wildman–Crippen MR) is 118 cm³/mol. The van der Waals surface area contributed by atoms with Gasteiger partial charge in [0.25, 0.3) is 0 Å². The topological polar surface area (TPSA) is 112 Å². The molecule has 8 nitrogen and oxygen atoms in total. The van der Waals surface area contributed by atoms with Crippen molar-refractivity contribution in [2.45, 2.75) is 0 Å². The average molecular weight is 431 g/mol. The van der Waals surface area contributed by atoms with E-state index < -0.39 is 6.09 Å². The Balaban J connectivity index is 1.55. The minimum absolute atomic E-state index is 0.118. The first kappa shape index (κ1) is 20.1. The van der Waals surface area contributed by atoms with Crippen LogP contribution in [0.4, 0.5) is 16.2 Å². The van der Waals surface area contributed by atoms with Crippen molar-refractivity contribution in [2.24, 2.45) is 9.98 Å². The van der Waals surface area contributed by atoms with Crippen LogP contribution >= 0.6 is 11.6 Å². The Labute approximate surface area is 182 Å². The summed E-state index contributed by atoms with van der Waals surface area (Å²) in [5.74, 6) is 0.318. The van der Waals surface area contributed by atoms with Gasteiger partial charge < -0.3 is 4.84 Å². The van der Waals surface area contributed by atoms with E-state index in [1.54, 1.807) is 48.7 Å². The molecule has 0 atom stereocenters. The van der Waals surface area contributed by atoms with Crippen molar-refractivity contribution >= 4 is 40.6 Å². The zero-order valence-electron chi connectivity index (χ0n) is 16.0. The third-order valence-electron chi connectivity index (χ3n) is 4.26. The molecule has 2 heterocycles. The van der Waals surface area contributed by atoms with Gasteiger partial charge in [-0.25, -0.2) is 15.3 Å². The van der Waals surface area contributed by atoms with Crippen molar-refractivity contribution < 1.29 is 9.63 Å². The van der Waals surface area contributed by atoms with E-state index in [9.17, 15) is 10.1 Å². The number of halogens is 1. The summed E-state index contributed by atoms with van der Waals surface area (Å²) in [5, 5.41) is 12.3. The van der Waals surface area contributed by atoms with Gasteiger partial charge in [-0.3, -0.25) is 15.3 Å². The fraction of sp³-hybridized carbons (Fsp3) is 0.0455. The van der Waals surface area contributed by atoms with Crippen LogP contribution in [0.2, 0.25) is 5.02 Å². The highest BCUT2D eigenvalue weighted by molar-refractivity contribution is 6.30. The van der Waals surface area contributed by atoms with E-state index >= 15 is 0 Å². The number of rotatable bonds is 2. The smallest absolute Gasteiger partial charge is 0.323 e. The minimum Gasteiger partial charge on any atom is -0.323 e. The number of hydrogen-bond acceptors (Lipinski definition) is 7. The van der Waals surface area contributed by atoms with E-state index in [0.29, 0.717) is 44.8 Å². The molecule has 0 aliphatic carbocycles. The maximum atomic E-state index is 12.1. The van der Waals surface area contributed by atoms with Crippen molar-refractivity contribution in [3.05, 3.63) is 88.7 Å². The van der Waals surface area contributed by atoms with Crippen LogP contribution in [-0.4, -0.2) is 29.2 Å². The van der Waals surface area contributed by atoms with Crippen LogP contribution in [0.3, 0.4) is 0 Å². The van der Waals surface area contributed by atoms with Gasteiger partial charge in [0.05, 0.1) is 28.7 Å². The quantitative estimate of drug-likeness (QED) is 0.590. The lowest BCUT2D eigenvalue weighted by Gasteiger charge is -2.09. The second kappa shape index (κ2) is 9.07. The zero-order valence-corrected chi connectivity index (χ0v) is 16.8. The maximum absolute atomic E-state index is 12.1. The average Bonchev–Trinajstić information content (AvgIpc) is 2.97. The highest BCUT2D eigenvalue weighted by Gasteiger charge is 2.18. The fourth-order valence-corrected chi connectivity index (χ4v) is 3.09. The van der Waals surface area contributed by atoms with Crippen molar-refractivity contribution in [2.75, 3.05) is 11.9 Å². The second-order valence-corrected chi connectivity index (χ2v) is 6.85. The number of aliphatic imine (C=N–C) groups is 2. The number of pyridine rings is 1. The molecule has 0 saturated carbocycles. The number of hydrogen-bond donors (Lipinski definition) is 2. The van der Waals surface area contributed by atoms with Crippen LogP contribution in [0.25, 0.3) is 0 Å². The molecule has 0 saturated heterocycles. The second-order valence-electron chi connectivity index (χ2n) is 6.41. The normalized spacial score (nSPS) is 12.4. The molecular formula is C22H15ClN6O2. The standard InChI is InChI=1S/C22H15ClN6O2/c23-15-4-3-5-16(11-15)27-22(30)31-29-20-13-26-21(19-6-1-2-9-25-19)17-10-14(12-24)7-8-18(17)28-20/h1-11H,13H2,(H,27,30)(H,28,29). The van der Waals surface area contributed by atoms with E-state index in [4.69, 9.17) is 16.4 Å². The van der Waals surface area contributed by atoms with Crippen LogP contribution in [-0.2, 0) is 4.84 Å². The predicted octanol–water partition coefficient (Wildman–Crippen LogP) is 4.24. The van der Waals surface area contributed by atoms with Crippen LogP contribution < -0.4 is 10.8 Å². The molecule has 2 aromatic carbocycles. The Hall–Kier alpha value is -4.22. The van der Waals surface area contributed by atoms with Gasteiger partial charge in [-0.15, -0.1) is 0 Å². The largest absolute Gasteiger partial charge is 0.435 e. The maximum Gasteiger partial charge on any atom is 0.435 e. The lowest BCUT2D eigenvalue weighted by Crippen LogP contribution is -2.31. The monoisotopic (exact) mass is 430 g/mol. The van der Waals surface area contributed by atoms with Crippen LogP contribution in [0.15, 0.2) is 76.8 Å². The molecule has 31 heavy (non-hydrogen) atoms. The number of amides is 1. The Kier molecular flexibility index (Phi) is 5.87. The van der Waals surface area contributed by atoms with Crippen molar-refractivity contribution in [3.63, 3.8) is 0 Å². The number of benzene rings is 2. The Morgan fingerprint density at radius 2 is 2.03 bits per heavy atom. The summed E-state index contributed by atoms with van der Waals surface area (Å²) < 4.78 is 0. The third kappa shape index (κ3) is 4.86. The lowest BCUT2D eigenvalue weighted by molar-refractivity contribution is 0.134. The molecule has 2 N–H and O–H groups in total. The SMILES string of the molecule is N#Cc1ccc2c(c1)C(c1ccccn1)=NCC(NOC(=O)Nc1cccc(Cl)c1)=N2. The first-order valence-corrected chi connectivity index (χ1v) is 9.57. The number of nitrogens with one attached hydrogen (secondary N) is 2. The van der Waals surface area contributed by atoms with Crippen LogP contribution in [0, 0.1) is 11.3 Å². The first-order valence-electron chi connectivity index (χ1n) is 9.20. The molecule has 4 rings (SSSR count). The highest BCUT2D eigenvalue weighted by atomic mass is 35.5. The molecule has 0 unspecified atom stereocenters. The molecule has 1 aliphatic heterocycles. The molecule has 3 aromatic rings. The summed E-state index contributed by atoms with van der Waals surface area (Å²) in [7, 11) is 0. The summed E-state index contributed by atoms with van der Waals surface area (Å²) in [5.41, 5.74) is 6.00. The summed E-state index contributed by atoms with van der Waals surface area (Å²) in [6, 6.07) is 19.4. The van der Waals surface area contributed by atoms with Gasteiger partial charge in [0.2, 0.25) is 0 Å². The number of nitriles is 1. The van der Waals surface area contributed by atoms with Crippen molar-refractivity contribution in [3.8, 4) is 6.07 Å². The van der Waals surface area contributed by atoms with Gasteiger partial charge in [-0.2, -0.15) is 5.26 Å². The molecule has 0 fully saturated rings. The van der Waals surface area contributed by atoms with Gasteiger partial charge in [0.1, 0.15) is 6.54 Å². The molecule has 1 aliphatic rings. The van der Waals surface area contributed by atoms with E-state index in [-0.39, 0.29) is 6.54 Å². The minimum atomic E-state index is -0.733. The van der Waals surface area contributed by atoms with Crippen molar-refractivity contribution in [1.82, 2.24) is 10.5 Å². The van der Waals surface area contributed by atoms with Gasteiger partial charge in [-0.05, 0) is 48.5 Å². The van der Waals surface area contributed by atoms with Crippen LogP contribution in [0.1, 0.15) is 16.8 Å². The van der Waals surface area contributed by atoms with E-state index in [2.05, 4.69) is 31.8 Å².